The lowest BCUT2D eigenvalue weighted by Gasteiger charge is -2.40. The van der Waals surface area contributed by atoms with E-state index in [2.05, 4.69) is 4.98 Å². The highest BCUT2D eigenvalue weighted by atomic mass is 19.1. The van der Waals surface area contributed by atoms with E-state index in [4.69, 9.17) is 0 Å². The van der Waals surface area contributed by atoms with Gasteiger partial charge >= 0.3 is 5.97 Å². The van der Waals surface area contributed by atoms with Crippen LogP contribution in [-0.2, 0) is 4.79 Å². The molecule has 3 rings (SSSR count). The zero-order valence-corrected chi connectivity index (χ0v) is 11.4. The molecule has 1 saturated carbocycles. The Hall–Kier alpha value is -1.65. The Labute approximate surface area is 117 Å². The van der Waals surface area contributed by atoms with Crippen LogP contribution in [0, 0.1) is 17.2 Å². The quantitative estimate of drug-likeness (QED) is 0.920. The number of aromatic nitrogens is 1. The van der Waals surface area contributed by atoms with Gasteiger partial charge in [-0.2, -0.15) is 0 Å². The third kappa shape index (κ3) is 2.49. The van der Waals surface area contributed by atoms with Crippen LogP contribution in [-0.4, -0.2) is 29.1 Å². The van der Waals surface area contributed by atoms with Gasteiger partial charge in [0, 0.05) is 19.3 Å². The fraction of sp³-hybridized carbons (Fsp3) is 0.600. The first-order chi connectivity index (χ1) is 9.61. The van der Waals surface area contributed by atoms with Crippen molar-refractivity contribution in [2.75, 3.05) is 18.0 Å². The van der Waals surface area contributed by atoms with E-state index in [1.807, 2.05) is 0 Å². The van der Waals surface area contributed by atoms with Crippen LogP contribution in [0.5, 0.6) is 0 Å². The van der Waals surface area contributed by atoms with Gasteiger partial charge in [-0.25, -0.2) is 9.37 Å². The van der Waals surface area contributed by atoms with Gasteiger partial charge in [0.1, 0.15) is 0 Å². The fourth-order valence-corrected chi connectivity index (χ4v) is 3.23. The molecule has 1 aromatic rings. The van der Waals surface area contributed by atoms with E-state index in [0.717, 1.165) is 19.3 Å². The minimum atomic E-state index is -0.745. The summed E-state index contributed by atoms with van der Waals surface area (Å²) < 4.78 is 13.9. The smallest absolute Gasteiger partial charge is 0.311 e. The van der Waals surface area contributed by atoms with E-state index < -0.39 is 11.4 Å². The summed E-state index contributed by atoms with van der Waals surface area (Å²) >= 11 is 0. The van der Waals surface area contributed by atoms with Crippen molar-refractivity contribution in [2.45, 2.75) is 32.1 Å². The van der Waals surface area contributed by atoms with Gasteiger partial charge in [-0.15, -0.1) is 0 Å². The van der Waals surface area contributed by atoms with E-state index in [-0.39, 0.29) is 11.6 Å². The standard InChI is InChI=1S/C15H19FN2O2/c16-12-3-1-7-17-13(12)18-8-2-6-15(10-18,14(19)20)9-11-4-5-11/h1,3,7,11H,2,4-6,8-10H2,(H,19,20). The van der Waals surface area contributed by atoms with Crippen LogP contribution in [0.3, 0.4) is 0 Å². The van der Waals surface area contributed by atoms with Crippen molar-refractivity contribution in [1.82, 2.24) is 4.98 Å². The van der Waals surface area contributed by atoms with Crippen molar-refractivity contribution in [3.05, 3.63) is 24.1 Å². The number of carboxylic acid groups (broad SMARTS) is 1. The predicted octanol–water partition coefficient (Wildman–Crippen LogP) is 2.69. The van der Waals surface area contributed by atoms with E-state index in [9.17, 15) is 14.3 Å². The summed E-state index contributed by atoms with van der Waals surface area (Å²) in [7, 11) is 0. The summed E-state index contributed by atoms with van der Waals surface area (Å²) in [5.74, 6) is -0.293. The second-order valence-corrected chi connectivity index (χ2v) is 6.07. The molecule has 0 amide bonds. The molecule has 2 heterocycles. The Morgan fingerprint density at radius 2 is 2.35 bits per heavy atom. The van der Waals surface area contributed by atoms with Gasteiger partial charge < -0.3 is 10.0 Å². The molecule has 1 aliphatic carbocycles. The van der Waals surface area contributed by atoms with Crippen LogP contribution >= 0.6 is 0 Å². The van der Waals surface area contributed by atoms with Gasteiger partial charge in [0.05, 0.1) is 5.41 Å². The van der Waals surface area contributed by atoms with Crippen molar-refractivity contribution in [2.24, 2.45) is 11.3 Å². The van der Waals surface area contributed by atoms with E-state index in [0.29, 0.717) is 31.8 Å². The maximum absolute atomic E-state index is 13.9. The van der Waals surface area contributed by atoms with Gasteiger partial charge in [-0.1, -0.05) is 12.8 Å². The largest absolute Gasteiger partial charge is 0.481 e. The molecule has 20 heavy (non-hydrogen) atoms. The fourth-order valence-electron chi connectivity index (χ4n) is 3.23. The van der Waals surface area contributed by atoms with Crippen LogP contribution in [0.1, 0.15) is 32.1 Å². The first-order valence-corrected chi connectivity index (χ1v) is 7.20. The number of carboxylic acids is 1. The molecular weight excluding hydrogens is 259 g/mol. The Kier molecular flexibility index (Phi) is 3.36. The SMILES string of the molecule is O=C(O)C1(CC2CC2)CCCN(c2ncccc2F)C1. The average molecular weight is 278 g/mol. The molecule has 0 aromatic carbocycles. The zero-order valence-electron chi connectivity index (χ0n) is 11.4. The number of nitrogens with zero attached hydrogens (tertiary/aromatic N) is 2. The molecule has 0 bridgehead atoms. The second kappa shape index (κ2) is 5.04. The zero-order chi connectivity index (χ0) is 14.2. The Morgan fingerprint density at radius 1 is 1.55 bits per heavy atom. The number of rotatable bonds is 4. The van der Waals surface area contributed by atoms with Crippen LogP contribution in [0.4, 0.5) is 10.2 Å². The molecular formula is C15H19FN2O2. The lowest BCUT2D eigenvalue weighted by molar-refractivity contribution is -0.150. The molecule has 4 nitrogen and oxygen atoms in total. The number of pyridine rings is 1. The normalized spacial score (nSPS) is 26.6. The molecule has 108 valence electrons. The van der Waals surface area contributed by atoms with Crippen LogP contribution in [0.2, 0.25) is 0 Å². The average Bonchev–Trinajstić information content (AvgIpc) is 3.23. The van der Waals surface area contributed by atoms with Crippen molar-refractivity contribution < 1.29 is 14.3 Å². The molecule has 1 aromatic heterocycles. The van der Waals surface area contributed by atoms with Crippen molar-refractivity contribution in [3.8, 4) is 0 Å². The van der Waals surface area contributed by atoms with Gasteiger partial charge in [0.15, 0.2) is 11.6 Å². The first kappa shape index (κ1) is 13.3. The molecule has 1 aliphatic heterocycles. The van der Waals surface area contributed by atoms with Crippen molar-refractivity contribution in [1.29, 1.82) is 0 Å². The number of carbonyl (C=O) groups is 1. The van der Waals surface area contributed by atoms with Crippen LogP contribution in [0.15, 0.2) is 18.3 Å². The molecule has 0 radical (unpaired) electrons. The molecule has 2 fully saturated rings. The monoisotopic (exact) mass is 278 g/mol. The van der Waals surface area contributed by atoms with Gasteiger partial charge in [0.25, 0.3) is 0 Å². The van der Waals surface area contributed by atoms with Crippen LogP contribution in [0.25, 0.3) is 0 Å². The van der Waals surface area contributed by atoms with E-state index >= 15 is 0 Å². The van der Waals surface area contributed by atoms with Gasteiger partial charge in [-0.05, 0) is 37.3 Å². The highest BCUT2D eigenvalue weighted by molar-refractivity contribution is 5.76. The summed E-state index contributed by atoms with van der Waals surface area (Å²) in [5.41, 5.74) is -0.733. The highest BCUT2D eigenvalue weighted by Gasteiger charge is 2.46. The second-order valence-electron chi connectivity index (χ2n) is 6.07. The molecule has 1 N–H and O–H groups in total. The Balaban J connectivity index is 1.84. The minimum Gasteiger partial charge on any atom is -0.481 e. The third-order valence-electron chi connectivity index (χ3n) is 4.45. The summed E-state index contributed by atoms with van der Waals surface area (Å²) in [4.78, 5) is 17.6. The number of piperidine rings is 1. The number of halogens is 1. The van der Waals surface area contributed by atoms with Crippen molar-refractivity contribution in [3.63, 3.8) is 0 Å². The lowest BCUT2D eigenvalue weighted by Crippen LogP contribution is -2.48. The Morgan fingerprint density at radius 3 is 3.00 bits per heavy atom. The van der Waals surface area contributed by atoms with Gasteiger partial charge in [-0.3, -0.25) is 4.79 Å². The maximum Gasteiger partial charge on any atom is 0.311 e. The molecule has 2 aliphatic rings. The topological polar surface area (TPSA) is 53.4 Å². The number of aliphatic carboxylic acids is 1. The molecule has 1 unspecified atom stereocenters. The summed E-state index contributed by atoms with van der Waals surface area (Å²) in [6.45, 7) is 1.04. The Bertz CT molecular complexity index is 518. The number of hydrogen-bond donors (Lipinski definition) is 1. The van der Waals surface area contributed by atoms with Crippen molar-refractivity contribution >= 4 is 11.8 Å². The third-order valence-corrected chi connectivity index (χ3v) is 4.45. The summed E-state index contributed by atoms with van der Waals surface area (Å²) in [6.07, 6.45) is 5.99. The van der Waals surface area contributed by atoms with Gasteiger partial charge in [0.2, 0.25) is 0 Å². The predicted molar refractivity (Wildman–Crippen MR) is 73.1 cm³/mol. The number of anilines is 1. The molecule has 1 saturated heterocycles. The first-order valence-electron chi connectivity index (χ1n) is 7.20. The highest BCUT2D eigenvalue weighted by Crippen LogP contribution is 2.45. The lowest BCUT2D eigenvalue weighted by atomic mass is 9.75. The number of hydrogen-bond acceptors (Lipinski definition) is 3. The molecule has 0 spiro atoms. The van der Waals surface area contributed by atoms with Crippen LogP contribution < -0.4 is 4.90 Å². The minimum absolute atomic E-state index is 0.286. The molecule has 1 atom stereocenters. The summed E-state index contributed by atoms with van der Waals surface area (Å²) in [5, 5.41) is 9.66. The maximum atomic E-state index is 13.9. The van der Waals surface area contributed by atoms with E-state index in [1.54, 1.807) is 17.2 Å². The summed E-state index contributed by atoms with van der Waals surface area (Å²) in [6, 6.07) is 2.93. The van der Waals surface area contributed by atoms with E-state index in [1.165, 1.54) is 6.07 Å². The molecule has 5 heteroatoms.